The summed E-state index contributed by atoms with van der Waals surface area (Å²) in [6, 6.07) is 0. The summed E-state index contributed by atoms with van der Waals surface area (Å²) in [5, 5.41) is 90.4. The molecule has 16 bridgehead atoms. The third-order valence-corrected chi connectivity index (χ3v) is 14.5. The minimum absolute atomic E-state index is 0.543. The van der Waals surface area contributed by atoms with E-state index in [2.05, 4.69) is 0 Å². The number of allylic oxidation sites excluding steroid dienone is 8. The average molecular weight is 749 g/mol. The first kappa shape index (κ1) is 32.3. The fraction of sp³-hybridized carbons (Fsp3) is 0.364. The highest BCUT2D eigenvalue weighted by molar-refractivity contribution is 6.21. The van der Waals surface area contributed by atoms with Crippen LogP contribution in [-0.4, -0.2) is 113 Å². The van der Waals surface area contributed by atoms with Gasteiger partial charge in [0.05, 0.1) is 94.5 Å². The Kier molecular flexibility index (Phi) is 6.12. The predicted molar refractivity (Wildman–Crippen MR) is 203 cm³/mol. The van der Waals surface area contributed by atoms with E-state index in [1.165, 1.54) is 0 Å². The molecule has 0 radical (unpaired) electrons. The molecule has 8 N–H and O–H groups in total. The second-order valence-electron chi connectivity index (χ2n) is 17.1. The van der Waals surface area contributed by atoms with E-state index in [1.54, 1.807) is 0 Å². The number of hydrogen-bond donors (Lipinski definition) is 8. The van der Waals surface area contributed by atoms with E-state index in [4.69, 9.17) is 20.0 Å². The Morgan fingerprint density at radius 2 is 0.411 bits per heavy atom. The van der Waals surface area contributed by atoms with Crippen LogP contribution in [-0.2, 0) is 0 Å². The van der Waals surface area contributed by atoms with Crippen LogP contribution in [0.2, 0.25) is 0 Å². The van der Waals surface area contributed by atoms with Crippen molar-refractivity contribution in [3.63, 3.8) is 0 Å². The van der Waals surface area contributed by atoms with Gasteiger partial charge in [0.15, 0.2) is 0 Å². The summed E-state index contributed by atoms with van der Waals surface area (Å²) in [6.07, 6.45) is 14.4. The molecule has 5 aliphatic heterocycles. The van der Waals surface area contributed by atoms with Gasteiger partial charge in [0.1, 0.15) is 0 Å². The lowest BCUT2D eigenvalue weighted by atomic mass is 9.65. The molecule has 16 unspecified atom stereocenters. The minimum atomic E-state index is -1.05. The molecule has 0 saturated heterocycles. The maximum Gasteiger partial charge on any atom is 0.0912 e. The predicted octanol–water partition coefficient (Wildman–Crippen LogP) is 0.691. The Bertz CT molecular complexity index is 2210. The Balaban J connectivity index is 1.10. The number of nitrogens with zero attached hydrogens (tertiary/aromatic N) is 4. The van der Waals surface area contributed by atoms with Gasteiger partial charge in [-0.1, -0.05) is 48.6 Å². The van der Waals surface area contributed by atoms with Crippen LogP contribution in [0.5, 0.6) is 0 Å². The molecule has 17 aliphatic rings. The highest BCUT2D eigenvalue weighted by atomic mass is 16.3. The van der Waals surface area contributed by atoms with Crippen molar-refractivity contribution in [2.24, 2.45) is 67.3 Å². The van der Waals surface area contributed by atoms with Crippen LogP contribution < -0.4 is 0 Å². The molecule has 12 heteroatoms. The van der Waals surface area contributed by atoms with Crippen LogP contribution in [0.15, 0.2) is 160 Å². The van der Waals surface area contributed by atoms with Gasteiger partial charge in [-0.05, 0) is 68.9 Å². The number of aliphatic imine (C=N–C) groups is 4. The largest absolute Gasteiger partial charge is 0.389 e. The molecule has 16 atom stereocenters. The summed E-state index contributed by atoms with van der Waals surface area (Å²) in [5.41, 5.74) is 10.7. The summed E-state index contributed by atoms with van der Waals surface area (Å²) in [4.78, 5) is 20.8. The van der Waals surface area contributed by atoms with Crippen molar-refractivity contribution in [2.75, 3.05) is 0 Å². The molecule has 280 valence electrons. The highest BCUT2D eigenvalue weighted by Gasteiger charge is 2.54. The van der Waals surface area contributed by atoms with Gasteiger partial charge in [0.25, 0.3) is 0 Å². The first-order valence-electron chi connectivity index (χ1n) is 19.5. The molecular weight excluding hydrogens is 713 g/mol. The molecule has 56 heavy (non-hydrogen) atoms. The summed E-state index contributed by atoms with van der Waals surface area (Å²) in [7, 11) is 0. The molecule has 12 nitrogen and oxygen atoms in total. The van der Waals surface area contributed by atoms with Crippen molar-refractivity contribution < 1.29 is 40.9 Å². The van der Waals surface area contributed by atoms with E-state index in [9.17, 15) is 40.9 Å². The van der Waals surface area contributed by atoms with Crippen LogP contribution in [0.3, 0.4) is 0 Å². The van der Waals surface area contributed by atoms with Gasteiger partial charge >= 0.3 is 0 Å². The van der Waals surface area contributed by atoms with Crippen molar-refractivity contribution >= 4 is 22.8 Å². The number of hydrogen-bond acceptors (Lipinski definition) is 12. The van der Waals surface area contributed by atoms with Gasteiger partial charge in [-0.2, -0.15) is 0 Å². The van der Waals surface area contributed by atoms with Crippen molar-refractivity contribution in [3.05, 3.63) is 140 Å². The average Bonchev–Trinajstić information content (AvgIpc) is 3.96. The van der Waals surface area contributed by atoms with Gasteiger partial charge in [-0.15, -0.1) is 0 Å². The number of aliphatic hydroxyl groups is 8. The van der Waals surface area contributed by atoms with Gasteiger partial charge in [0.2, 0.25) is 0 Å². The molecule has 0 fully saturated rings. The fourth-order valence-corrected chi connectivity index (χ4v) is 12.0. The van der Waals surface area contributed by atoms with E-state index in [0.29, 0.717) is 45.6 Å². The third kappa shape index (κ3) is 3.73. The Hall–Kier alpha value is -4.76. The third-order valence-electron chi connectivity index (χ3n) is 14.5. The molecule has 0 aromatic carbocycles. The van der Waals surface area contributed by atoms with E-state index in [0.717, 1.165) is 44.6 Å². The SMILES string of the molecule is OC1C2C=CC(C3=C2C2=CC4=NC(=CC5=NC(=CC6=NC(=CC3=N2)C2=C6C3C=CC2C(O)C3O)C2=C5C3C=CC2C(O)C3O)C2=C4C3C=CC2C(O)C3O)C1O. The smallest absolute Gasteiger partial charge is 0.0912 e. The molecule has 0 aromatic rings. The lowest BCUT2D eigenvalue weighted by Crippen LogP contribution is -2.47. The zero-order valence-electron chi connectivity index (χ0n) is 29.5. The van der Waals surface area contributed by atoms with E-state index in [-0.39, 0.29) is 0 Å². The quantitative estimate of drug-likeness (QED) is 0.165. The van der Waals surface area contributed by atoms with Crippen molar-refractivity contribution in [1.82, 2.24) is 0 Å². The second kappa shape index (κ2) is 10.6. The topological polar surface area (TPSA) is 211 Å². The monoisotopic (exact) mass is 748 g/mol. The first-order chi connectivity index (χ1) is 27.1. The highest BCUT2D eigenvalue weighted by Crippen LogP contribution is 2.55. The van der Waals surface area contributed by atoms with Crippen LogP contribution in [0.4, 0.5) is 0 Å². The molecule has 12 aliphatic carbocycles. The van der Waals surface area contributed by atoms with Crippen LogP contribution in [0, 0.1) is 47.3 Å². The summed E-state index contributed by atoms with van der Waals surface area (Å²) >= 11 is 0. The van der Waals surface area contributed by atoms with Crippen LogP contribution in [0.1, 0.15) is 0 Å². The van der Waals surface area contributed by atoms with Gasteiger partial charge in [-0.25, -0.2) is 20.0 Å². The molecule has 0 amide bonds. The number of aliphatic hydroxyl groups excluding tert-OH is 8. The minimum Gasteiger partial charge on any atom is -0.389 e. The summed E-state index contributed by atoms with van der Waals surface area (Å²) in [5.74, 6) is -4.35. The first-order valence-corrected chi connectivity index (χ1v) is 19.5. The number of fused-ring (bicyclic) bond motifs is 8. The molecule has 0 spiro atoms. The molecule has 0 saturated carbocycles. The van der Waals surface area contributed by atoms with E-state index < -0.39 is 96.2 Å². The number of rotatable bonds is 0. The Morgan fingerprint density at radius 1 is 0.250 bits per heavy atom. The normalized spacial score (nSPS) is 46.1. The van der Waals surface area contributed by atoms with Gasteiger partial charge < -0.3 is 40.9 Å². The van der Waals surface area contributed by atoms with Crippen LogP contribution in [0.25, 0.3) is 0 Å². The molecule has 0 aromatic heterocycles. The molecule has 17 rings (SSSR count). The fourth-order valence-electron chi connectivity index (χ4n) is 12.0. The maximum absolute atomic E-state index is 11.3. The zero-order chi connectivity index (χ0) is 37.8. The van der Waals surface area contributed by atoms with Crippen molar-refractivity contribution in [2.45, 2.75) is 48.8 Å². The van der Waals surface area contributed by atoms with Crippen molar-refractivity contribution in [3.8, 4) is 0 Å². The lowest BCUT2D eigenvalue weighted by molar-refractivity contribution is -0.0261. The van der Waals surface area contributed by atoms with Gasteiger partial charge in [0, 0.05) is 47.3 Å². The maximum atomic E-state index is 11.3. The van der Waals surface area contributed by atoms with Crippen molar-refractivity contribution in [1.29, 1.82) is 0 Å². The Labute approximate surface area is 319 Å². The van der Waals surface area contributed by atoms with Crippen LogP contribution >= 0.6 is 0 Å². The summed E-state index contributed by atoms with van der Waals surface area (Å²) in [6.45, 7) is 0. The van der Waals surface area contributed by atoms with E-state index in [1.807, 2.05) is 72.9 Å². The molecule has 5 heterocycles. The standard InChI is InChI=1S/C44H36N4O8/c49-37-13-1-2-14(38(37)50)30-22-10-24-32-16-5-6-18(42(54)40(16)52)34(32)26(47-24)12-28-36-20-8-7-19(43(55)44(20)56)35(36)27(48-28)11-25-33-17-4-3-15(39(51)41(17)53)31(33)23(46-25)9-21(45-22)29(13)30/h1-20,37-44,49-56H. The Morgan fingerprint density at radius 3 is 0.589 bits per heavy atom. The van der Waals surface area contributed by atoms with Gasteiger partial charge in [-0.3, -0.25) is 0 Å². The van der Waals surface area contributed by atoms with E-state index >= 15 is 0 Å². The zero-order valence-corrected chi connectivity index (χ0v) is 29.5. The second-order valence-corrected chi connectivity index (χ2v) is 17.1. The summed E-state index contributed by atoms with van der Waals surface area (Å²) < 4.78 is 0. The lowest BCUT2D eigenvalue weighted by Gasteiger charge is -2.42. The molecular formula is C44H36N4O8.